The summed E-state index contributed by atoms with van der Waals surface area (Å²) < 4.78 is 5.55. The summed E-state index contributed by atoms with van der Waals surface area (Å²) in [6, 6.07) is 0.325. The van der Waals surface area contributed by atoms with Crippen LogP contribution in [0.4, 0.5) is 0 Å². The highest BCUT2D eigenvalue weighted by Crippen LogP contribution is 2.66. The molecule has 0 aromatic carbocycles. The van der Waals surface area contributed by atoms with Crippen LogP contribution in [0.2, 0.25) is 0 Å². The minimum Gasteiger partial charge on any atom is -0.462 e. The number of esters is 1. The zero-order valence-electron chi connectivity index (χ0n) is 17.1. The van der Waals surface area contributed by atoms with Crippen molar-refractivity contribution in [2.45, 2.75) is 91.2 Å². The Kier molecular flexibility index (Phi) is 4.53. The normalized spacial score (nSPS) is 48.7. The Morgan fingerprint density at radius 2 is 1.96 bits per heavy atom. The van der Waals surface area contributed by atoms with Crippen LogP contribution in [0.15, 0.2) is 11.6 Å². The van der Waals surface area contributed by atoms with Crippen LogP contribution in [0.25, 0.3) is 0 Å². The van der Waals surface area contributed by atoms with Gasteiger partial charge in [0.05, 0.1) is 0 Å². The van der Waals surface area contributed by atoms with Crippen molar-refractivity contribution in [1.82, 2.24) is 0 Å². The van der Waals surface area contributed by atoms with E-state index in [4.69, 9.17) is 10.5 Å². The molecule has 3 fully saturated rings. The van der Waals surface area contributed by atoms with Gasteiger partial charge in [-0.3, -0.25) is 4.79 Å². The molecule has 8 atom stereocenters. The first-order valence-electron chi connectivity index (χ1n) is 10.9. The lowest BCUT2D eigenvalue weighted by Gasteiger charge is -2.58. The first-order chi connectivity index (χ1) is 12.3. The maximum atomic E-state index is 11.4. The minimum absolute atomic E-state index is 0.103. The summed E-state index contributed by atoms with van der Waals surface area (Å²) in [4.78, 5) is 11.4. The van der Waals surface area contributed by atoms with Crippen molar-refractivity contribution in [1.29, 1.82) is 0 Å². The van der Waals surface area contributed by atoms with Crippen LogP contribution in [0.3, 0.4) is 0 Å². The average molecular weight is 360 g/mol. The Morgan fingerprint density at radius 1 is 1.19 bits per heavy atom. The molecule has 4 aliphatic rings. The van der Waals surface area contributed by atoms with Crippen molar-refractivity contribution in [3.63, 3.8) is 0 Å². The van der Waals surface area contributed by atoms with Gasteiger partial charge in [-0.1, -0.05) is 25.5 Å². The Balaban J connectivity index is 1.58. The molecule has 0 saturated heterocycles. The molecule has 4 rings (SSSR count). The van der Waals surface area contributed by atoms with E-state index in [0.29, 0.717) is 22.8 Å². The monoisotopic (exact) mass is 359 g/mol. The van der Waals surface area contributed by atoms with Crippen LogP contribution in [-0.2, 0) is 9.53 Å². The molecule has 5 unspecified atom stereocenters. The second-order valence-electron chi connectivity index (χ2n) is 10.3. The summed E-state index contributed by atoms with van der Waals surface area (Å²) in [5, 5.41) is 0. The summed E-state index contributed by atoms with van der Waals surface area (Å²) in [6.07, 6.45) is 12.4. The predicted molar refractivity (Wildman–Crippen MR) is 104 cm³/mol. The van der Waals surface area contributed by atoms with Crippen LogP contribution in [0.1, 0.15) is 79.1 Å². The van der Waals surface area contributed by atoms with Gasteiger partial charge in [-0.2, -0.15) is 0 Å². The van der Waals surface area contributed by atoms with Gasteiger partial charge in [0, 0.05) is 19.4 Å². The smallest absolute Gasteiger partial charge is 0.302 e. The minimum atomic E-state index is -0.130. The van der Waals surface area contributed by atoms with Crippen LogP contribution >= 0.6 is 0 Å². The van der Waals surface area contributed by atoms with Gasteiger partial charge in [-0.05, 0) is 86.4 Å². The van der Waals surface area contributed by atoms with E-state index >= 15 is 0 Å². The van der Waals surface area contributed by atoms with Gasteiger partial charge in [0.2, 0.25) is 0 Å². The van der Waals surface area contributed by atoms with E-state index in [9.17, 15) is 4.79 Å². The Hall–Kier alpha value is -0.830. The molecule has 0 aliphatic heterocycles. The van der Waals surface area contributed by atoms with E-state index in [1.165, 1.54) is 45.4 Å². The summed E-state index contributed by atoms with van der Waals surface area (Å²) >= 11 is 0. The van der Waals surface area contributed by atoms with Crippen molar-refractivity contribution in [3.05, 3.63) is 11.6 Å². The number of nitrogens with two attached hydrogens (primary N) is 1. The second-order valence-corrected chi connectivity index (χ2v) is 10.3. The number of ether oxygens (including phenoxy) is 1. The molecule has 0 spiro atoms. The number of carbonyl (C=O) groups is 1. The van der Waals surface area contributed by atoms with Crippen LogP contribution in [0, 0.1) is 34.5 Å². The van der Waals surface area contributed by atoms with Gasteiger partial charge in [0.1, 0.15) is 6.10 Å². The Morgan fingerprint density at radius 3 is 2.65 bits per heavy atom. The number of carbonyl (C=O) groups excluding carboxylic acids is 1. The number of rotatable bonds is 2. The summed E-state index contributed by atoms with van der Waals surface area (Å²) in [7, 11) is 0. The summed E-state index contributed by atoms with van der Waals surface area (Å²) in [5.74, 6) is 3.06. The fourth-order valence-corrected chi connectivity index (χ4v) is 7.87. The second kappa shape index (κ2) is 6.36. The Bertz CT molecular complexity index is 611. The van der Waals surface area contributed by atoms with E-state index < -0.39 is 0 Å². The fraction of sp³-hybridized carbons (Fsp3) is 0.870. The van der Waals surface area contributed by atoms with Gasteiger partial charge in [0.15, 0.2) is 0 Å². The van der Waals surface area contributed by atoms with Crippen LogP contribution < -0.4 is 5.73 Å². The molecule has 26 heavy (non-hydrogen) atoms. The molecule has 2 N–H and O–H groups in total. The lowest BCUT2D eigenvalue weighted by Crippen LogP contribution is -2.52. The average Bonchev–Trinajstić information content (AvgIpc) is 2.92. The lowest BCUT2D eigenvalue weighted by molar-refractivity contribution is -0.148. The van der Waals surface area contributed by atoms with Crippen molar-refractivity contribution >= 4 is 5.97 Å². The third-order valence-electron chi connectivity index (χ3n) is 9.10. The third-order valence-corrected chi connectivity index (χ3v) is 9.10. The van der Waals surface area contributed by atoms with Crippen molar-refractivity contribution in [3.8, 4) is 0 Å². The lowest BCUT2D eigenvalue weighted by atomic mass is 9.47. The first-order valence-corrected chi connectivity index (χ1v) is 10.9. The maximum absolute atomic E-state index is 11.4. The molecule has 0 amide bonds. The molecular formula is C23H37NO2. The highest BCUT2D eigenvalue weighted by molar-refractivity contribution is 5.66. The molecule has 4 aliphatic carbocycles. The maximum Gasteiger partial charge on any atom is 0.302 e. The zero-order valence-corrected chi connectivity index (χ0v) is 17.1. The largest absolute Gasteiger partial charge is 0.462 e. The number of allylic oxidation sites excluding steroid dienone is 1. The molecular weight excluding hydrogens is 322 g/mol. The fourth-order valence-electron chi connectivity index (χ4n) is 7.87. The van der Waals surface area contributed by atoms with Gasteiger partial charge in [-0.25, -0.2) is 0 Å². The molecule has 3 saturated carbocycles. The van der Waals surface area contributed by atoms with Gasteiger partial charge < -0.3 is 10.5 Å². The number of hydrogen-bond donors (Lipinski definition) is 1. The number of fused-ring (bicyclic) bond motifs is 5. The highest BCUT2D eigenvalue weighted by Gasteiger charge is 2.59. The van der Waals surface area contributed by atoms with Crippen molar-refractivity contribution in [2.24, 2.45) is 40.2 Å². The topological polar surface area (TPSA) is 52.3 Å². The van der Waals surface area contributed by atoms with Crippen molar-refractivity contribution in [2.75, 3.05) is 0 Å². The molecule has 0 heterocycles. The van der Waals surface area contributed by atoms with E-state index in [1.54, 1.807) is 5.57 Å². The molecule has 0 aromatic heterocycles. The van der Waals surface area contributed by atoms with Crippen LogP contribution in [-0.4, -0.2) is 18.1 Å². The molecule has 0 aromatic rings. The molecule has 3 heteroatoms. The molecule has 0 radical (unpaired) electrons. The van der Waals surface area contributed by atoms with Gasteiger partial charge >= 0.3 is 5.97 Å². The predicted octanol–water partition coefficient (Wildman–Crippen LogP) is 4.84. The van der Waals surface area contributed by atoms with Gasteiger partial charge in [-0.15, -0.1) is 0 Å². The summed E-state index contributed by atoms with van der Waals surface area (Å²) in [5.41, 5.74) is 8.75. The van der Waals surface area contributed by atoms with E-state index in [1.807, 2.05) is 0 Å². The quantitative estimate of drug-likeness (QED) is 0.567. The standard InChI is InChI=1S/C23H37NO2/c1-14(24)19-7-8-20-18-6-5-16-13-17(26-15(2)25)9-11-22(16,3)21(18)10-12-23(19,20)4/h5,14,17-21H,6-13,24H2,1-4H3/t14?,17?,18?,19-,20?,21?,22-,23+/m0/s1. The SMILES string of the molecule is CC(=O)OC1CC[C@@]2(C)C(=CCC3C2CC[C@@]2(C)C3CC[C@H]2C(C)N)C1. The Labute approximate surface area is 159 Å². The van der Waals surface area contributed by atoms with E-state index in [0.717, 1.165) is 30.6 Å². The summed E-state index contributed by atoms with van der Waals surface area (Å²) in [6.45, 7) is 8.82. The first kappa shape index (κ1) is 18.5. The number of hydrogen-bond acceptors (Lipinski definition) is 3. The van der Waals surface area contributed by atoms with E-state index in [2.05, 4.69) is 26.8 Å². The molecule has 146 valence electrons. The van der Waals surface area contributed by atoms with E-state index in [-0.39, 0.29) is 12.1 Å². The van der Waals surface area contributed by atoms with Crippen LogP contribution in [0.5, 0.6) is 0 Å². The highest BCUT2D eigenvalue weighted by atomic mass is 16.5. The van der Waals surface area contributed by atoms with Crippen molar-refractivity contribution < 1.29 is 9.53 Å². The molecule has 0 bridgehead atoms. The third kappa shape index (κ3) is 2.68. The molecule has 3 nitrogen and oxygen atoms in total. The zero-order chi connectivity index (χ0) is 18.7. The van der Waals surface area contributed by atoms with Gasteiger partial charge in [0.25, 0.3) is 0 Å².